The van der Waals surface area contributed by atoms with Crippen molar-refractivity contribution in [2.24, 2.45) is 5.73 Å². The van der Waals surface area contributed by atoms with Gasteiger partial charge in [0.25, 0.3) is 5.91 Å². The lowest BCUT2D eigenvalue weighted by atomic mass is 9.96. The predicted molar refractivity (Wildman–Crippen MR) is 65.0 cm³/mol. The number of benzene rings is 1. The Labute approximate surface area is 100 Å². The number of carbonyl (C=O) groups is 1. The molecule has 1 rings (SSSR count). The number of phenols is 2. The van der Waals surface area contributed by atoms with Crippen LogP contribution in [0.1, 0.15) is 31.1 Å². The Bertz CT molecular complexity index is 428. The molecule has 0 bridgehead atoms. The van der Waals surface area contributed by atoms with E-state index in [4.69, 9.17) is 10.8 Å². The number of nitrogens with one attached hydrogen (secondary N) is 1. The average Bonchev–Trinajstić information content (AvgIpc) is 2.21. The molecule has 1 atom stereocenters. The molecular weight excluding hydrogens is 220 g/mol. The lowest BCUT2D eigenvalue weighted by Gasteiger charge is -2.30. The Morgan fingerprint density at radius 1 is 1.35 bits per heavy atom. The molecule has 1 unspecified atom stereocenters. The topological polar surface area (TPSA) is 95.6 Å². The maximum absolute atomic E-state index is 11.9. The third-order valence-corrected chi connectivity index (χ3v) is 2.81. The molecule has 0 heterocycles. The van der Waals surface area contributed by atoms with Crippen LogP contribution in [-0.2, 0) is 0 Å². The molecule has 0 radical (unpaired) electrons. The zero-order valence-corrected chi connectivity index (χ0v) is 10.2. The van der Waals surface area contributed by atoms with E-state index >= 15 is 0 Å². The van der Waals surface area contributed by atoms with Crippen molar-refractivity contribution in [1.29, 1.82) is 0 Å². The number of hydrogen-bond donors (Lipinski definition) is 4. The van der Waals surface area contributed by atoms with Crippen molar-refractivity contribution in [1.82, 2.24) is 5.32 Å². The van der Waals surface area contributed by atoms with Crippen LogP contribution in [0.4, 0.5) is 0 Å². The summed E-state index contributed by atoms with van der Waals surface area (Å²) in [5.74, 6) is -0.924. The standard InChI is InChI=1S/C12H18N2O3/c1-7(13)12(2,3)14-11(17)8-4-5-9(15)10(16)6-8/h4-7,15-16H,13H2,1-3H3,(H,14,17). The van der Waals surface area contributed by atoms with Crippen LogP contribution in [0.2, 0.25) is 0 Å². The predicted octanol–water partition coefficient (Wildman–Crippen LogP) is 0.953. The molecule has 1 aromatic rings. The summed E-state index contributed by atoms with van der Waals surface area (Å²) in [6, 6.07) is 3.70. The molecule has 0 saturated heterocycles. The van der Waals surface area contributed by atoms with Gasteiger partial charge in [-0.25, -0.2) is 0 Å². The highest BCUT2D eigenvalue weighted by molar-refractivity contribution is 5.95. The van der Waals surface area contributed by atoms with Gasteiger partial charge in [-0.1, -0.05) is 0 Å². The van der Waals surface area contributed by atoms with E-state index < -0.39 is 5.54 Å². The van der Waals surface area contributed by atoms with E-state index in [2.05, 4.69) is 5.32 Å². The molecule has 17 heavy (non-hydrogen) atoms. The van der Waals surface area contributed by atoms with Crippen LogP contribution in [0.25, 0.3) is 0 Å². The Hall–Kier alpha value is -1.75. The molecule has 0 spiro atoms. The lowest BCUT2D eigenvalue weighted by molar-refractivity contribution is 0.0903. The van der Waals surface area contributed by atoms with E-state index in [1.165, 1.54) is 18.2 Å². The number of carbonyl (C=O) groups excluding carboxylic acids is 1. The van der Waals surface area contributed by atoms with Gasteiger partial charge in [0.2, 0.25) is 0 Å². The number of nitrogens with two attached hydrogens (primary N) is 1. The largest absolute Gasteiger partial charge is 0.504 e. The van der Waals surface area contributed by atoms with E-state index in [1.807, 2.05) is 13.8 Å². The first-order chi connectivity index (χ1) is 7.74. The lowest BCUT2D eigenvalue weighted by Crippen LogP contribution is -2.54. The van der Waals surface area contributed by atoms with E-state index in [0.717, 1.165) is 0 Å². The van der Waals surface area contributed by atoms with E-state index in [0.29, 0.717) is 0 Å². The van der Waals surface area contributed by atoms with Crippen LogP contribution >= 0.6 is 0 Å². The van der Waals surface area contributed by atoms with Crippen molar-refractivity contribution < 1.29 is 15.0 Å². The van der Waals surface area contributed by atoms with Gasteiger partial charge in [-0.3, -0.25) is 4.79 Å². The van der Waals surface area contributed by atoms with Crippen LogP contribution in [-0.4, -0.2) is 27.7 Å². The van der Waals surface area contributed by atoms with Gasteiger partial charge in [-0.05, 0) is 39.0 Å². The highest BCUT2D eigenvalue weighted by Gasteiger charge is 2.25. The molecule has 0 aromatic heterocycles. The van der Waals surface area contributed by atoms with Crippen molar-refractivity contribution >= 4 is 5.91 Å². The molecule has 0 saturated carbocycles. The zero-order chi connectivity index (χ0) is 13.2. The van der Waals surface area contributed by atoms with Crippen LogP contribution in [0, 0.1) is 0 Å². The number of aromatic hydroxyl groups is 2. The first kappa shape index (κ1) is 13.3. The molecule has 0 fully saturated rings. The number of hydrogen-bond acceptors (Lipinski definition) is 4. The van der Waals surface area contributed by atoms with Gasteiger partial charge >= 0.3 is 0 Å². The van der Waals surface area contributed by atoms with Crippen LogP contribution in [0.15, 0.2) is 18.2 Å². The third-order valence-electron chi connectivity index (χ3n) is 2.81. The third kappa shape index (κ3) is 3.10. The SMILES string of the molecule is CC(N)C(C)(C)NC(=O)c1ccc(O)c(O)c1. The Balaban J connectivity index is 2.87. The fourth-order valence-corrected chi connectivity index (χ4v) is 1.14. The first-order valence-corrected chi connectivity index (χ1v) is 5.34. The molecule has 1 amide bonds. The van der Waals surface area contributed by atoms with Crippen molar-refractivity contribution in [3.63, 3.8) is 0 Å². The maximum Gasteiger partial charge on any atom is 0.251 e. The van der Waals surface area contributed by atoms with Gasteiger partial charge in [0.05, 0.1) is 0 Å². The Morgan fingerprint density at radius 2 is 1.94 bits per heavy atom. The van der Waals surface area contributed by atoms with Crippen molar-refractivity contribution in [2.75, 3.05) is 0 Å². The zero-order valence-electron chi connectivity index (χ0n) is 10.2. The van der Waals surface area contributed by atoms with Crippen molar-refractivity contribution in [2.45, 2.75) is 32.4 Å². The summed E-state index contributed by atoms with van der Waals surface area (Å²) in [7, 11) is 0. The van der Waals surface area contributed by atoms with Gasteiger partial charge in [-0.2, -0.15) is 0 Å². The van der Waals surface area contributed by atoms with Gasteiger partial charge < -0.3 is 21.3 Å². The summed E-state index contributed by atoms with van der Waals surface area (Å²) in [5.41, 5.74) is 5.47. The van der Waals surface area contributed by atoms with Crippen molar-refractivity contribution in [3.05, 3.63) is 23.8 Å². The normalized spacial score (nSPS) is 13.2. The van der Waals surface area contributed by atoms with Gasteiger partial charge in [0.1, 0.15) is 0 Å². The second-order valence-corrected chi connectivity index (χ2v) is 4.67. The molecule has 94 valence electrons. The van der Waals surface area contributed by atoms with Crippen LogP contribution in [0.3, 0.4) is 0 Å². The van der Waals surface area contributed by atoms with E-state index in [1.54, 1.807) is 6.92 Å². The summed E-state index contributed by atoms with van der Waals surface area (Å²) in [5, 5.41) is 21.2. The number of amides is 1. The maximum atomic E-state index is 11.9. The summed E-state index contributed by atoms with van der Waals surface area (Å²) in [6.45, 7) is 5.43. The van der Waals surface area contributed by atoms with E-state index in [9.17, 15) is 9.90 Å². The molecule has 0 aliphatic heterocycles. The molecule has 0 aliphatic carbocycles. The summed E-state index contributed by atoms with van der Waals surface area (Å²) < 4.78 is 0. The molecule has 5 nitrogen and oxygen atoms in total. The Morgan fingerprint density at radius 3 is 2.41 bits per heavy atom. The highest BCUT2D eigenvalue weighted by atomic mass is 16.3. The molecule has 5 heteroatoms. The molecule has 5 N–H and O–H groups in total. The van der Waals surface area contributed by atoms with E-state index in [-0.39, 0.29) is 29.0 Å². The second-order valence-electron chi connectivity index (χ2n) is 4.67. The minimum Gasteiger partial charge on any atom is -0.504 e. The van der Waals surface area contributed by atoms with Gasteiger partial charge in [0, 0.05) is 17.1 Å². The van der Waals surface area contributed by atoms with Gasteiger partial charge in [-0.15, -0.1) is 0 Å². The summed E-state index contributed by atoms with van der Waals surface area (Å²) >= 11 is 0. The number of rotatable bonds is 3. The first-order valence-electron chi connectivity index (χ1n) is 5.34. The minimum absolute atomic E-state index is 0.211. The van der Waals surface area contributed by atoms with Crippen LogP contribution in [0.5, 0.6) is 11.5 Å². The Kier molecular flexibility index (Phi) is 3.63. The minimum atomic E-state index is -0.551. The van der Waals surface area contributed by atoms with Crippen molar-refractivity contribution in [3.8, 4) is 11.5 Å². The van der Waals surface area contributed by atoms with Gasteiger partial charge in [0.15, 0.2) is 11.5 Å². The quantitative estimate of drug-likeness (QED) is 0.590. The molecule has 1 aromatic carbocycles. The smallest absolute Gasteiger partial charge is 0.251 e. The highest BCUT2D eigenvalue weighted by Crippen LogP contribution is 2.25. The summed E-state index contributed by atoms with van der Waals surface area (Å²) in [4.78, 5) is 11.9. The number of phenolic OH excluding ortho intramolecular Hbond substituents is 2. The molecule has 0 aliphatic rings. The van der Waals surface area contributed by atoms with Crippen LogP contribution < -0.4 is 11.1 Å². The molecular formula is C12H18N2O3. The summed E-state index contributed by atoms with van der Waals surface area (Å²) in [6.07, 6.45) is 0. The second kappa shape index (κ2) is 4.63. The average molecular weight is 238 g/mol. The monoisotopic (exact) mass is 238 g/mol. The fourth-order valence-electron chi connectivity index (χ4n) is 1.14. The fraction of sp³-hybridized carbons (Fsp3) is 0.417.